The standard InChI is InChI=1S/C18H30N4O2.3ClH/c1-15(19)3-8-18(23)20-16-4-6-17(7-5-16)24-14-13-22-11-9-21(2)10-12-22;;;/h4-7,15H,3,8-14,19H2,1-2H3,(H,20,23);3*1H. The quantitative estimate of drug-likeness (QED) is 0.646. The van der Waals surface area contributed by atoms with Crippen LogP contribution in [0.25, 0.3) is 0 Å². The molecule has 158 valence electrons. The molecule has 1 aromatic carbocycles. The van der Waals surface area contributed by atoms with Crippen molar-refractivity contribution in [3.8, 4) is 5.75 Å². The van der Waals surface area contributed by atoms with Crippen LogP contribution in [-0.4, -0.2) is 68.1 Å². The maximum Gasteiger partial charge on any atom is 0.224 e. The van der Waals surface area contributed by atoms with Gasteiger partial charge in [-0.2, -0.15) is 0 Å². The minimum absolute atomic E-state index is 0. The number of ether oxygens (including phenoxy) is 1. The maximum atomic E-state index is 11.8. The Morgan fingerprint density at radius 2 is 1.74 bits per heavy atom. The Kier molecular flexibility index (Phi) is 16.0. The maximum absolute atomic E-state index is 11.8. The van der Waals surface area contributed by atoms with Gasteiger partial charge in [0.05, 0.1) is 0 Å². The van der Waals surface area contributed by atoms with Gasteiger partial charge in [-0.25, -0.2) is 0 Å². The molecule has 1 unspecified atom stereocenters. The summed E-state index contributed by atoms with van der Waals surface area (Å²) < 4.78 is 5.79. The molecule has 0 spiro atoms. The van der Waals surface area contributed by atoms with Crippen LogP contribution in [-0.2, 0) is 4.79 Å². The first kappa shape index (κ1) is 28.4. The number of nitrogens with zero attached hydrogens (tertiary/aromatic N) is 2. The third-order valence-electron chi connectivity index (χ3n) is 4.24. The monoisotopic (exact) mass is 442 g/mol. The van der Waals surface area contributed by atoms with E-state index in [4.69, 9.17) is 10.5 Å². The number of likely N-dealkylation sites (N-methyl/N-ethyl adjacent to an activating group) is 1. The average molecular weight is 444 g/mol. The number of carbonyl (C=O) groups excluding carboxylic acids is 1. The second-order valence-corrected chi connectivity index (χ2v) is 6.58. The average Bonchev–Trinajstić information content (AvgIpc) is 2.56. The molecule has 1 heterocycles. The molecule has 6 nitrogen and oxygen atoms in total. The topological polar surface area (TPSA) is 70.8 Å². The van der Waals surface area contributed by atoms with Crippen molar-refractivity contribution in [1.29, 1.82) is 0 Å². The van der Waals surface area contributed by atoms with E-state index in [1.165, 1.54) is 0 Å². The largest absolute Gasteiger partial charge is 0.492 e. The third kappa shape index (κ3) is 11.6. The number of amides is 1. The van der Waals surface area contributed by atoms with E-state index in [2.05, 4.69) is 22.2 Å². The number of piperazine rings is 1. The van der Waals surface area contributed by atoms with Gasteiger partial charge in [0.15, 0.2) is 0 Å². The Bertz CT molecular complexity index is 510. The summed E-state index contributed by atoms with van der Waals surface area (Å²) in [6.07, 6.45) is 1.14. The molecule has 0 saturated carbocycles. The molecule has 0 bridgehead atoms. The fraction of sp³-hybridized carbons (Fsp3) is 0.611. The number of benzene rings is 1. The molecular weight excluding hydrogens is 411 g/mol. The summed E-state index contributed by atoms with van der Waals surface area (Å²) in [7, 11) is 2.16. The van der Waals surface area contributed by atoms with Crippen molar-refractivity contribution in [3.63, 3.8) is 0 Å². The van der Waals surface area contributed by atoms with E-state index in [0.717, 1.165) is 44.2 Å². The summed E-state index contributed by atoms with van der Waals surface area (Å²) >= 11 is 0. The van der Waals surface area contributed by atoms with Crippen LogP contribution in [0.2, 0.25) is 0 Å². The summed E-state index contributed by atoms with van der Waals surface area (Å²) in [6, 6.07) is 7.58. The molecule has 0 radical (unpaired) electrons. The van der Waals surface area contributed by atoms with Crippen LogP contribution in [0, 0.1) is 0 Å². The molecule has 1 atom stereocenters. The predicted molar refractivity (Wildman–Crippen MR) is 119 cm³/mol. The van der Waals surface area contributed by atoms with E-state index in [-0.39, 0.29) is 49.2 Å². The van der Waals surface area contributed by atoms with Gasteiger partial charge < -0.3 is 20.7 Å². The molecule has 0 aliphatic carbocycles. The first-order valence-corrected chi connectivity index (χ1v) is 8.72. The molecule has 0 aromatic heterocycles. The first-order chi connectivity index (χ1) is 11.5. The zero-order valence-electron chi connectivity index (χ0n) is 16.1. The van der Waals surface area contributed by atoms with Crippen molar-refractivity contribution in [1.82, 2.24) is 9.80 Å². The van der Waals surface area contributed by atoms with Gasteiger partial charge in [0.25, 0.3) is 0 Å². The molecule has 1 aliphatic rings. The molecule has 1 amide bonds. The van der Waals surface area contributed by atoms with Crippen molar-refractivity contribution >= 4 is 48.8 Å². The fourth-order valence-corrected chi connectivity index (χ4v) is 2.58. The van der Waals surface area contributed by atoms with Gasteiger partial charge >= 0.3 is 0 Å². The molecule has 1 aliphatic heterocycles. The smallest absolute Gasteiger partial charge is 0.224 e. The number of hydrogen-bond donors (Lipinski definition) is 2. The first-order valence-electron chi connectivity index (χ1n) is 8.72. The molecule has 3 N–H and O–H groups in total. The molecule has 2 rings (SSSR count). The second kappa shape index (κ2) is 15.2. The number of anilines is 1. The number of hydrogen-bond acceptors (Lipinski definition) is 5. The molecule has 9 heteroatoms. The van der Waals surface area contributed by atoms with Crippen LogP contribution in [0.5, 0.6) is 5.75 Å². The molecular formula is C18H33Cl3N4O2. The van der Waals surface area contributed by atoms with Gasteiger partial charge in [-0.05, 0) is 44.7 Å². The number of nitrogens with one attached hydrogen (secondary N) is 1. The van der Waals surface area contributed by atoms with Crippen LogP contribution in [0.3, 0.4) is 0 Å². The number of carbonyl (C=O) groups is 1. The van der Waals surface area contributed by atoms with E-state index in [9.17, 15) is 4.79 Å². The highest BCUT2D eigenvalue weighted by atomic mass is 35.5. The van der Waals surface area contributed by atoms with E-state index in [1.807, 2.05) is 31.2 Å². The van der Waals surface area contributed by atoms with E-state index >= 15 is 0 Å². The van der Waals surface area contributed by atoms with E-state index in [0.29, 0.717) is 19.4 Å². The zero-order valence-corrected chi connectivity index (χ0v) is 18.5. The summed E-state index contributed by atoms with van der Waals surface area (Å²) in [4.78, 5) is 16.5. The highest BCUT2D eigenvalue weighted by Crippen LogP contribution is 2.16. The van der Waals surface area contributed by atoms with Crippen molar-refractivity contribution in [2.45, 2.75) is 25.8 Å². The van der Waals surface area contributed by atoms with Crippen LogP contribution in [0.1, 0.15) is 19.8 Å². The van der Waals surface area contributed by atoms with Crippen molar-refractivity contribution in [2.24, 2.45) is 5.73 Å². The van der Waals surface area contributed by atoms with Crippen molar-refractivity contribution in [3.05, 3.63) is 24.3 Å². The van der Waals surface area contributed by atoms with Gasteiger partial charge in [0.1, 0.15) is 12.4 Å². The highest BCUT2D eigenvalue weighted by Gasteiger charge is 2.13. The van der Waals surface area contributed by atoms with Crippen LogP contribution < -0.4 is 15.8 Å². The summed E-state index contributed by atoms with van der Waals surface area (Å²) in [6.45, 7) is 7.99. The van der Waals surface area contributed by atoms with Gasteiger partial charge in [-0.3, -0.25) is 9.69 Å². The normalized spacial score (nSPS) is 15.5. The molecule has 1 fully saturated rings. The lowest BCUT2D eigenvalue weighted by Gasteiger charge is -2.32. The second-order valence-electron chi connectivity index (χ2n) is 6.58. The summed E-state index contributed by atoms with van der Waals surface area (Å²) in [5.41, 5.74) is 6.45. The van der Waals surface area contributed by atoms with Crippen LogP contribution in [0.15, 0.2) is 24.3 Å². The Morgan fingerprint density at radius 1 is 1.15 bits per heavy atom. The van der Waals surface area contributed by atoms with E-state index in [1.54, 1.807) is 0 Å². The highest BCUT2D eigenvalue weighted by molar-refractivity contribution is 5.90. The van der Waals surface area contributed by atoms with Crippen LogP contribution in [0.4, 0.5) is 5.69 Å². The number of halogens is 3. The minimum atomic E-state index is -0.00367. The molecule has 1 aromatic rings. The molecule has 27 heavy (non-hydrogen) atoms. The summed E-state index contributed by atoms with van der Waals surface area (Å²) in [5, 5.41) is 2.87. The Morgan fingerprint density at radius 3 is 2.30 bits per heavy atom. The lowest BCUT2D eigenvalue weighted by molar-refractivity contribution is -0.116. The Labute approximate surface area is 181 Å². The summed E-state index contributed by atoms with van der Waals surface area (Å²) in [5.74, 6) is 0.828. The van der Waals surface area contributed by atoms with Gasteiger partial charge in [-0.1, -0.05) is 0 Å². The van der Waals surface area contributed by atoms with E-state index < -0.39 is 0 Å². The van der Waals surface area contributed by atoms with Crippen LogP contribution >= 0.6 is 37.2 Å². The Balaban J connectivity index is 0. The lowest BCUT2D eigenvalue weighted by Crippen LogP contribution is -2.45. The SMILES string of the molecule is CC(N)CCC(=O)Nc1ccc(OCCN2CCN(C)CC2)cc1.Cl.Cl.Cl. The number of nitrogens with two attached hydrogens (primary N) is 1. The zero-order chi connectivity index (χ0) is 17.4. The lowest BCUT2D eigenvalue weighted by atomic mass is 10.2. The number of rotatable bonds is 8. The van der Waals surface area contributed by atoms with Crippen molar-refractivity contribution < 1.29 is 9.53 Å². The van der Waals surface area contributed by atoms with Gasteiger partial charge in [0.2, 0.25) is 5.91 Å². The Hall–Kier alpha value is -0.760. The van der Waals surface area contributed by atoms with Gasteiger partial charge in [0, 0.05) is 50.9 Å². The fourth-order valence-electron chi connectivity index (χ4n) is 2.58. The predicted octanol–water partition coefficient (Wildman–Crippen LogP) is 2.64. The van der Waals surface area contributed by atoms with Crippen molar-refractivity contribution in [2.75, 3.05) is 51.7 Å². The third-order valence-corrected chi connectivity index (χ3v) is 4.24. The minimum Gasteiger partial charge on any atom is -0.492 e. The molecule has 1 saturated heterocycles. The van der Waals surface area contributed by atoms with Gasteiger partial charge in [-0.15, -0.1) is 37.2 Å².